The highest BCUT2D eigenvalue weighted by Crippen LogP contribution is 2.34. The fourth-order valence-electron chi connectivity index (χ4n) is 2.65. The summed E-state index contributed by atoms with van der Waals surface area (Å²) in [5, 5.41) is 10.4. The van der Waals surface area contributed by atoms with Crippen LogP contribution in [0.15, 0.2) is 18.2 Å². The quantitative estimate of drug-likeness (QED) is 0.866. The summed E-state index contributed by atoms with van der Waals surface area (Å²) in [6.45, 7) is 2.75. The Hall–Kier alpha value is -0.640. The third-order valence-corrected chi connectivity index (χ3v) is 4.02. The molecule has 0 bridgehead atoms. The molecule has 0 spiro atoms. The molecule has 1 fully saturated rings. The van der Waals surface area contributed by atoms with Gasteiger partial charge in [-0.25, -0.2) is 4.39 Å². The van der Waals surface area contributed by atoms with Crippen molar-refractivity contribution in [1.29, 1.82) is 0 Å². The van der Waals surface area contributed by atoms with E-state index in [4.69, 9.17) is 16.3 Å². The third kappa shape index (κ3) is 4.16. The smallest absolute Gasteiger partial charge is 0.124 e. The van der Waals surface area contributed by atoms with Crippen molar-refractivity contribution >= 4 is 11.6 Å². The molecule has 4 heteroatoms. The fraction of sp³-hybridized carbons (Fsp3) is 0.600. The van der Waals surface area contributed by atoms with Crippen LogP contribution in [0.4, 0.5) is 4.39 Å². The van der Waals surface area contributed by atoms with E-state index >= 15 is 0 Å². The highest BCUT2D eigenvalue weighted by atomic mass is 35.5. The second-order valence-electron chi connectivity index (χ2n) is 5.24. The van der Waals surface area contributed by atoms with Crippen LogP contribution in [0.5, 0.6) is 0 Å². The Morgan fingerprint density at radius 2 is 2.21 bits per heavy atom. The predicted molar refractivity (Wildman–Crippen MR) is 73.9 cm³/mol. The second-order valence-corrected chi connectivity index (χ2v) is 5.65. The average Bonchev–Trinajstić information content (AvgIpc) is 2.30. The lowest BCUT2D eigenvalue weighted by molar-refractivity contribution is -0.0375. The summed E-state index contributed by atoms with van der Waals surface area (Å²) in [6, 6.07) is 4.31. The largest absolute Gasteiger partial charge is 0.393 e. The van der Waals surface area contributed by atoms with Crippen molar-refractivity contribution in [2.45, 2.75) is 44.8 Å². The molecule has 1 aromatic rings. The second kappa shape index (κ2) is 6.69. The molecule has 0 heterocycles. The van der Waals surface area contributed by atoms with Crippen molar-refractivity contribution in [3.05, 3.63) is 34.6 Å². The molecule has 1 aliphatic carbocycles. The van der Waals surface area contributed by atoms with Crippen LogP contribution in [0.3, 0.4) is 0 Å². The maximum atomic E-state index is 12.9. The first-order valence-corrected chi connectivity index (χ1v) is 7.19. The van der Waals surface area contributed by atoms with Crippen LogP contribution in [-0.2, 0) is 11.2 Å². The van der Waals surface area contributed by atoms with E-state index in [2.05, 4.69) is 0 Å². The van der Waals surface area contributed by atoms with Gasteiger partial charge in [0.2, 0.25) is 0 Å². The summed E-state index contributed by atoms with van der Waals surface area (Å²) < 4.78 is 18.4. The van der Waals surface area contributed by atoms with Crippen LogP contribution in [0, 0.1) is 11.7 Å². The van der Waals surface area contributed by atoms with Gasteiger partial charge in [0.15, 0.2) is 0 Å². The molecule has 0 aromatic heterocycles. The summed E-state index contributed by atoms with van der Waals surface area (Å²) in [5.41, 5.74) is 0.802. The molecule has 2 nitrogen and oxygen atoms in total. The van der Waals surface area contributed by atoms with Crippen LogP contribution < -0.4 is 0 Å². The molecule has 1 atom stereocenters. The lowest BCUT2D eigenvalue weighted by atomic mass is 9.78. The maximum Gasteiger partial charge on any atom is 0.124 e. The van der Waals surface area contributed by atoms with Gasteiger partial charge in [0, 0.05) is 11.6 Å². The normalized spacial score (nSPS) is 24.0. The number of benzene rings is 1. The molecule has 2 rings (SSSR count). The minimum absolute atomic E-state index is 0.346. The number of aliphatic hydroxyl groups excluding tert-OH is 1. The molecule has 0 radical (unpaired) electrons. The van der Waals surface area contributed by atoms with Crippen molar-refractivity contribution in [2.24, 2.45) is 5.92 Å². The van der Waals surface area contributed by atoms with Crippen molar-refractivity contribution < 1.29 is 14.2 Å². The van der Waals surface area contributed by atoms with E-state index in [1.807, 2.05) is 6.92 Å². The summed E-state index contributed by atoms with van der Waals surface area (Å²) >= 11 is 5.95. The van der Waals surface area contributed by atoms with Gasteiger partial charge in [-0.15, -0.1) is 0 Å². The molecule has 1 unspecified atom stereocenters. The molecule has 1 aromatic carbocycles. The maximum absolute atomic E-state index is 12.9. The van der Waals surface area contributed by atoms with Crippen LogP contribution in [0.2, 0.25) is 5.02 Å². The highest BCUT2D eigenvalue weighted by molar-refractivity contribution is 6.31. The van der Waals surface area contributed by atoms with Gasteiger partial charge in [0.1, 0.15) is 5.82 Å². The third-order valence-electron chi connectivity index (χ3n) is 3.67. The summed E-state index contributed by atoms with van der Waals surface area (Å²) in [4.78, 5) is 0. The van der Waals surface area contributed by atoms with E-state index in [0.717, 1.165) is 31.4 Å². The summed E-state index contributed by atoms with van der Waals surface area (Å²) in [7, 11) is 0. The Labute approximate surface area is 118 Å². The van der Waals surface area contributed by atoms with E-state index in [-0.39, 0.29) is 5.82 Å². The van der Waals surface area contributed by atoms with E-state index in [1.54, 1.807) is 6.07 Å². The van der Waals surface area contributed by atoms with E-state index < -0.39 is 6.10 Å². The molecule has 1 aliphatic rings. The molecule has 19 heavy (non-hydrogen) atoms. The fourth-order valence-corrected chi connectivity index (χ4v) is 2.89. The molecular formula is C15H20ClFO2. The van der Waals surface area contributed by atoms with Gasteiger partial charge in [0.05, 0.1) is 12.2 Å². The molecule has 0 aliphatic heterocycles. The monoisotopic (exact) mass is 286 g/mol. The predicted octanol–water partition coefficient (Wildman–Crippen LogP) is 3.59. The number of halogens is 2. The summed E-state index contributed by atoms with van der Waals surface area (Å²) in [5.74, 6) is 0.188. The Bertz CT molecular complexity index is 419. The van der Waals surface area contributed by atoms with Crippen LogP contribution >= 0.6 is 11.6 Å². The average molecular weight is 287 g/mol. The van der Waals surface area contributed by atoms with E-state index in [0.29, 0.717) is 23.5 Å². The van der Waals surface area contributed by atoms with Gasteiger partial charge < -0.3 is 9.84 Å². The lowest BCUT2D eigenvalue weighted by Crippen LogP contribution is -2.34. The van der Waals surface area contributed by atoms with Crippen molar-refractivity contribution in [1.82, 2.24) is 0 Å². The first kappa shape index (κ1) is 14.8. The topological polar surface area (TPSA) is 29.5 Å². The van der Waals surface area contributed by atoms with Gasteiger partial charge in [-0.05, 0) is 56.2 Å². The molecule has 1 N–H and O–H groups in total. The van der Waals surface area contributed by atoms with Gasteiger partial charge in [-0.2, -0.15) is 0 Å². The molecule has 0 amide bonds. The van der Waals surface area contributed by atoms with Gasteiger partial charge >= 0.3 is 0 Å². The first-order valence-electron chi connectivity index (χ1n) is 6.82. The first-order chi connectivity index (χ1) is 9.08. The molecular weight excluding hydrogens is 267 g/mol. The molecule has 106 valence electrons. The van der Waals surface area contributed by atoms with Crippen LogP contribution in [0.1, 0.15) is 31.7 Å². The Morgan fingerprint density at radius 1 is 1.47 bits per heavy atom. The number of hydrogen-bond donors (Lipinski definition) is 1. The van der Waals surface area contributed by atoms with E-state index in [9.17, 15) is 9.50 Å². The number of rotatable bonds is 6. The van der Waals surface area contributed by atoms with Gasteiger partial charge in [-0.1, -0.05) is 17.7 Å². The Morgan fingerprint density at radius 3 is 2.84 bits per heavy atom. The number of ether oxygens (including phenoxy) is 1. The zero-order chi connectivity index (χ0) is 13.8. The van der Waals surface area contributed by atoms with E-state index in [1.165, 1.54) is 12.1 Å². The minimum Gasteiger partial charge on any atom is -0.393 e. The number of hydrogen-bond acceptors (Lipinski definition) is 2. The zero-order valence-corrected chi connectivity index (χ0v) is 11.9. The van der Waals surface area contributed by atoms with Crippen molar-refractivity contribution in [2.75, 3.05) is 6.61 Å². The Balaban J connectivity index is 1.77. The SMILES string of the molecule is CCOC1CC(CC(O)Cc2ccc(F)cc2Cl)C1. The number of aliphatic hydroxyl groups is 1. The lowest BCUT2D eigenvalue weighted by Gasteiger charge is -2.36. The van der Waals surface area contributed by atoms with Gasteiger partial charge in [0.25, 0.3) is 0 Å². The standard InChI is InChI=1S/C15H20ClFO2/c1-2-19-14-6-10(7-14)5-13(18)8-11-3-4-12(17)9-15(11)16/h3-4,9-10,13-14,18H,2,5-8H2,1H3. The van der Waals surface area contributed by atoms with Crippen molar-refractivity contribution in [3.63, 3.8) is 0 Å². The van der Waals surface area contributed by atoms with Crippen molar-refractivity contribution in [3.8, 4) is 0 Å². The van der Waals surface area contributed by atoms with Crippen LogP contribution in [0.25, 0.3) is 0 Å². The van der Waals surface area contributed by atoms with Gasteiger partial charge in [-0.3, -0.25) is 0 Å². The molecule has 0 saturated heterocycles. The zero-order valence-electron chi connectivity index (χ0n) is 11.1. The highest BCUT2D eigenvalue weighted by Gasteiger charge is 2.31. The van der Waals surface area contributed by atoms with Crippen LogP contribution in [-0.4, -0.2) is 23.9 Å². The molecule has 1 saturated carbocycles. The minimum atomic E-state index is -0.421. The summed E-state index contributed by atoms with van der Waals surface area (Å²) in [6.07, 6.45) is 3.25. The Kier molecular flexibility index (Phi) is 5.20.